The van der Waals surface area contributed by atoms with Crippen LogP contribution in [0.15, 0.2) is 36.6 Å². The Bertz CT molecular complexity index is 1120. The van der Waals surface area contributed by atoms with Crippen LogP contribution in [0.25, 0.3) is 0 Å². The van der Waals surface area contributed by atoms with Crippen LogP contribution in [0.1, 0.15) is 228 Å². The number of carbonyl (C=O) groups excluding carboxylic acids is 2. The first-order valence-electron chi connectivity index (χ1n) is 22.6. The molecular formula is C53H102N2O2. The van der Waals surface area contributed by atoms with E-state index in [1.807, 2.05) is 0 Å². The molecule has 0 spiro atoms. The molecule has 3 atom stereocenters. The molecule has 4 heteroatoms. The Balaban J connectivity index is 0. The summed E-state index contributed by atoms with van der Waals surface area (Å²) in [5.41, 5.74) is 6.02. The number of hydrogen-bond donors (Lipinski definition) is 1. The number of hydrogen-bond acceptors (Lipinski definition) is 3. The first kappa shape index (κ1) is 57.3. The summed E-state index contributed by atoms with van der Waals surface area (Å²) in [6, 6.07) is 0. The van der Waals surface area contributed by atoms with E-state index in [9.17, 15) is 9.59 Å². The minimum atomic E-state index is 0. The number of allylic oxidation sites excluding steroid dienone is 3. The maximum Gasteiger partial charge on any atom is 0.220 e. The van der Waals surface area contributed by atoms with Gasteiger partial charge in [0, 0.05) is 43.1 Å². The highest BCUT2D eigenvalue weighted by Crippen LogP contribution is 2.40. The third-order valence-electron chi connectivity index (χ3n) is 13.1. The zero-order chi connectivity index (χ0) is 42.4. The van der Waals surface area contributed by atoms with Gasteiger partial charge in [-0.1, -0.05) is 135 Å². The molecular weight excluding hydrogens is 697 g/mol. The molecule has 2 aliphatic heterocycles. The van der Waals surface area contributed by atoms with Gasteiger partial charge in [-0.05, 0) is 150 Å². The zero-order valence-electron chi connectivity index (χ0n) is 39.6. The van der Waals surface area contributed by atoms with Crippen molar-refractivity contribution < 1.29 is 9.59 Å². The molecule has 5 fully saturated rings. The van der Waals surface area contributed by atoms with Crippen molar-refractivity contribution in [3.63, 3.8) is 0 Å². The molecule has 5 aliphatic rings. The third kappa shape index (κ3) is 22.9. The van der Waals surface area contributed by atoms with Crippen LogP contribution in [0.2, 0.25) is 0 Å². The van der Waals surface area contributed by atoms with E-state index in [1.54, 1.807) is 0 Å². The van der Waals surface area contributed by atoms with Gasteiger partial charge >= 0.3 is 0 Å². The van der Waals surface area contributed by atoms with Crippen molar-refractivity contribution in [3.8, 4) is 0 Å². The van der Waals surface area contributed by atoms with Gasteiger partial charge in [-0.25, -0.2) is 0 Å². The van der Waals surface area contributed by atoms with Crippen LogP contribution in [0, 0.1) is 45.3 Å². The molecule has 4 nitrogen and oxygen atoms in total. The van der Waals surface area contributed by atoms with Gasteiger partial charge in [-0.2, -0.15) is 0 Å². The summed E-state index contributed by atoms with van der Waals surface area (Å²) in [7, 11) is 0. The number of nitrogens with zero attached hydrogens (tertiary/aromatic N) is 1. The molecule has 0 bridgehead atoms. The lowest BCUT2D eigenvalue weighted by Gasteiger charge is -2.41. The van der Waals surface area contributed by atoms with Crippen LogP contribution in [0.3, 0.4) is 0 Å². The number of carbonyl (C=O) groups is 2. The molecule has 1 N–H and O–H groups in total. The summed E-state index contributed by atoms with van der Waals surface area (Å²) < 4.78 is 0. The first-order valence-corrected chi connectivity index (χ1v) is 22.6. The number of likely N-dealkylation sites (tertiary alicyclic amines) is 1. The van der Waals surface area contributed by atoms with Crippen molar-refractivity contribution in [2.24, 2.45) is 45.3 Å². The van der Waals surface area contributed by atoms with E-state index in [2.05, 4.69) is 134 Å². The summed E-state index contributed by atoms with van der Waals surface area (Å²) >= 11 is 0. The molecule has 0 aromatic carbocycles. The predicted molar refractivity (Wildman–Crippen MR) is 256 cm³/mol. The number of nitrogens with one attached hydrogen (secondary N) is 1. The van der Waals surface area contributed by atoms with E-state index in [4.69, 9.17) is 0 Å². The maximum atomic E-state index is 11.4. The highest BCUT2D eigenvalue weighted by Gasteiger charge is 2.33. The summed E-state index contributed by atoms with van der Waals surface area (Å²) in [6.45, 7) is 48.2. The van der Waals surface area contributed by atoms with Gasteiger partial charge < -0.3 is 10.2 Å². The summed E-state index contributed by atoms with van der Waals surface area (Å²) in [5, 5.41) is 2.85. The number of Topliss-reactive ketones (excluding diaryl/α,β-unsaturated/α-hetero) is 1. The Kier molecular flexibility index (Phi) is 25.2. The molecule has 57 heavy (non-hydrogen) atoms. The van der Waals surface area contributed by atoms with Crippen molar-refractivity contribution in [1.82, 2.24) is 10.2 Å². The lowest BCUT2D eigenvalue weighted by molar-refractivity contribution is -0.128. The van der Waals surface area contributed by atoms with Crippen LogP contribution in [0.4, 0.5) is 0 Å². The average Bonchev–Trinajstić information content (AvgIpc) is 3.04. The van der Waals surface area contributed by atoms with Gasteiger partial charge in [0.05, 0.1) is 0 Å². The highest BCUT2D eigenvalue weighted by molar-refractivity contribution is 5.82. The fourth-order valence-corrected chi connectivity index (χ4v) is 8.91. The summed E-state index contributed by atoms with van der Waals surface area (Å²) in [6.07, 6.45) is 20.6. The third-order valence-corrected chi connectivity index (χ3v) is 13.1. The van der Waals surface area contributed by atoms with Gasteiger partial charge in [0.2, 0.25) is 5.91 Å². The van der Waals surface area contributed by atoms with Crippen LogP contribution in [-0.2, 0) is 9.59 Å². The molecule has 0 aromatic heterocycles. The standard InChI is InChI=1S/2C11H20.C10H19N.C10H18O.C9H17NO.2CH4/c1-9-5-7-10(8-6-9)11(2,3)4;1-9-6-5-7-10(8-9)11(2,3)4;1-9-7-5-6-8-11(9)10(2,3)4;1-10(2,3)8-6-4-5-7-9(8)11;1-9(2,3)7-4-5-10-8(11)6-7;;/h2*10H,1,5-8H2,2-4H3;1,5-8H2,2-4H3;8H,4-7H2,1-3H3;7H,4-6H2,1-3H3,(H,10,11);2*1H4. The second kappa shape index (κ2) is 25.1. The second-order valence-corrected chi connectivity index (χ2v) is 23.2. The van der Waals surface area contributed by atoms with Crippen LogP contribution in [0.5, 0.6) is 0 Å². The minimum absolute atomic E-state index is 0. The Hall–Kier alpha value is -1.84. The van der Waals surface area contributed by atoms with Crippen molar-refractivity contribution in [2.45, 2.75) is 233 Å². The Labute approximate surface area is 358 Å². The molecule has 2 saturated heterocycles. The van der Waals surface area contributed by atoms with Gasteiger partial charge in [0.25, 0.3) is 0 Å². The van der Waals surface area contributed by atoms with E-state index < -0.39 is 0 Å². The molecule has 0 radical (unpaired) electrons. The van der Waals surface area contributed by atoms with Crippen molar-refractivity contribution in [1.29, 1.82) is 0 Å². The molecule has 3 aliphatic carbocycles. The molecule has 2 heterocycles. The largest absolute Gasteiger partial charge is 0.370 e. The topological polar surface area (TPSA) is 49.4 Å². The van der Waals surface area contributed by atoms with E-state index in [0.717, 1.165) is 44.1 Å². The van der Waals surface area contributed by atoms with E-state index >= 15 is 0 Å². The second-order valence-electron chi connectivity index (χ2n) is 23.2. The quantitative estimate of drug-likeness (QED) is 0.248. The SMILES string of the molecule is C.C.C=C1CCC(C(C)(C)C)CC1.C=C1CCCC(C(C)(C)C)C1.C=C1CCCCN1C(C)(C)C.CC(C)(C)C1CCCCC1=O.CC(C)(C)C1CCNC(=O)C1. The Morgan fingerprint density at radius 1 is 0.509 bits per heavy atom. The van der Waals surface area contributed by atoms with Gasteiger partial charge in [-0.15, -0.1) is 0 Å². The predicted octanol–water partition coefficient (Wildman–Crippen LogP) is 16.0. The molecule has 3 saturated carbocycles. The van der Waals surface area contributed by atoms with Crippen molar-refractivity contribution in [3.05, 3.63) is 36.6 Å². The number of piperidine rings is 2. The number of rotatable bonds is 0. The lowest BCUT2D eigenvalue weighted by atomic mass is 9.71. The van der Waals surface area contributed by atoms with Crippen molar-refractivity contribution >= 4 is 11.7 Å². The van der Waals surface area contributed by atoms with Crippen LogP contribution in [-0.4, -0.2) is 35.2 Å². The van der Waals surface area contributed by atoms with E-state index in [0.29, 0.717) is 34.9 Å². The molecule has 1 amide bonds. The number of ketones is 1. The fourth-order valence-electron chi connectivity index (χ4n) is 8.91. The minimum Gasteiger partial charge on any atom is -0.370 e. The monoisotopic (exact) mass is 799 g/mol. The van der Waals surface area contributed by atoms with E-state index in [1.165, 1.54) is 100 Å². The molecule has 336 valence electrons. The van der Waals surface area contributed by atoms with Crippen molar-refractivity contribution in [2.75, 3.05) is 13.1 Å². The Morgan fingerprint density at radius 3 is 1.37 bits per heavy atom. The van der Waals surface area contributed by atoms with Gasteiger partial charge in [0.15, 0.2) is 0 Å². The number of amides is 1. The lowest BCUT2D eigenvalue weighted by Crippen LogP contribution is -2.42. The van der Waals surface area contributed by atoms with Gasteiger partial charge in [0.1, 0.15) is 5.78 Å². The van der Waals surface area contributed by atoms with Crippen LogP contribution < -0.4 is 5.32 Å². The van der Waals surface area contributed by atoms with Gasteiger partial charge in [-0.3, -0.25) is 9.59 Å². The maximum absolute atomic E-state index is 11.4. The summed E-state index contributed by atoms with van der Waals surface area (Å²) in [5.74, 6) is 3.41. The summed E-state index contributed by atoms with van der Waals surface area (Å²) in [4.78, 5) is 24.9. The Morgan fingerprint density at radius 2 is 1.02 bits per heavy atom. The fraction of sp³-hybridized carbons (Fsp3) is 0.849. The van der Waals surface area contributed by atoms with Crippen LogP contribution >= 0.6 is 0 Å². The normalized spacial score (nSPS) is 23.9. The average molecular weight is 799 g/mol. The first-order chi connectivity index (χ1) is 25.0. The zero-order valence-corrected chi connectivity index (χ0v) is 39.6. The molecule has 0 aromatic rings. The molecule has 3 unspecified atom stereocenters. The highest BCUT2D eigenvalue weighted by atomic mass is 16.1. The molecule has 5 rings (SSSR count). The van der Waals surface area contributed by atoms with E-state index in [-0.39, 0.29) is 37.1 Å². The smallest absolute Gasteiger partial charge is 0.220 e.